The van der Waals surface area contributed by atoms with Gasteiger partial charge in [0.1, 0.15) is 11.3 Å². The van der Waals surface area contributed by atoms with E-state index in [1.807, 2.05) is 0 Å². The first kappa shape index (κ1) is 14.0. The Balaban J connectivity index is 2.03. The Hall–Kier alpha value is -2.44. The second-order valence-electron chi connectivity index (χ2n) is 4.13. The number of carbonyl (C=O) groups excluding carboxylic acids is 1. The highest BCUT2D eigenvalue weighted by Gasteiger charge is 2.21. The van der Waals surface area contributed by atoms with Crippen LogP contribution in [-0.4, -0.2) is 37.4 Å². The van der Waals surface area contributed by atoms with Gasteiger partial charge < -0.3 is 24.6 Å². The highest BCUT2D eigenvalue weighted by Crippen LogP contribution is 2.38. The summed E-state index contributed by atoms with van der Waals surface area (Å²) in [5.74, 6) is -0.141. The van der Waals surface area contributed by atoms with Crippen LogP contribution >= 0.6 is 0 Å². The number of carbonyl (C=O) groups is 2. The summed E-state index contributed by atoms with van der Waals surface area (Å²) < 4.78 is 15.7. The quantitative estimate of drug-likeness (QED) is 0.756. The molecule has 0 atom stereocenters. The summed E-state index contributed by atoms with van der Waals surface area (Å²) in [7, 11) is 1.56. The molecule has 108 valence electrons. The molecule has 20 heavy (non-hydrogen) atoms. The Labute approximate surface area is 115 Å². The lowest BCUT2D eigenvalue weighted by molar-refractivity contribution is -0.120. The molecule has 0 saturated carbocycles. The number of ether oxygens (including phenoxy) is 3. The van der Waals surface area contributed by atoms with Gasteiger partial charge in [0.15, 0.2) is 11.5 Å². The fourth-order valence-corrected chi connectivity index (χ4v) is 1.75. The van der Waals surface area contributed by atoms with Crippen LogP contribution in [0.5, 0.6) is 17.2 Å². The van der Waals surface area contributed by atoms with Crippen molar-refractivity contribution in [3.05, 3.63) is 17.7 Å². The van der Waals surface area contributed by atoms with Crippen molar-refractivity contribution < 1.29 is 28.9 Å². The molecule has 0 fully saturated rings. The first-order chi connectivity index (χ1) is 9.61. The third kappa shape index (κ3) is 3.11. The third-order valence-electron chi connectivity index (χ3n) is 2.79. The first-order valence-electron chi connectivity index (χ1n) is 6.12. The van der Waals surface area contributed by atoms with Crippen molar-refractivity contribution in [3.63, 3.8) is 0 Å². The monoisotopic (exact) mass is 281 g/mol. The zero-order valence-corrected chi connectivity index (χ0v) is 11.0. The molecule has 2 N–H and O–H groups in total. The normalized spacial score (nSPS) is 12.1. The zero-order chi connectivity index (χ0) is 14.5. The SMILES string of the molecule is CNC(=O)CCCOc1cc2c(cc1C(=O)O)OCO2. The van der Waals surface area contributed by atoms with Gasteiger partial charge in [0, 0.05) is 25.6 Å². The van der Waals surface area contributed by atoms with E-state index in [0.29, 0.717) is 24.3 Å². The molecule has 0 spiro atoms. The molecule has 7 nitrogen and oxygen atoms in total. The van der Waals surface area contributed by atoms with Gasteiger partial charge in [0.05, 0.1) is 6.61 Å². The van der Waals surface area contributed by atoms with Crippen LogP contribution in [0.15, 0.2) is 12.1 Å². The van der Waals surface area contributed by atoms with E-state index in [-0.39, 0.29) is 30.6 Å². The maximum Gasteiger partial charge on any atom is 0.339 e. The van der Waals surface area contributed by atoms with Gasteiger partial charge in [-0.15, -0.1) is 0 Å². The van der Waals surface area contributed by atoms with E-state index in [1.165, 1.54) is 12.1 Å². The fourth-order valence-electron chi connectivity index (χ4n) is 1.75. The average Bonchev–Trinajstić information content (AvgIpc) is 2.89. The van der Waals surface area contributed by atoms with Crippen molar-refractivity contribution in [3.8, 4) is 17.2 Å². The maximum atomic E-state index is 11.2. The number of benzene rings is 1. The van der Waals surface area contributed by atoms with Crippen molar-refractivity contribution in [2.24, 2.45) is 0 Å². The van der Waals surface area contributed by atoms with Gasteiger partial charge >= 0.3 is 5.97 Å². The van der Waals surface area contributed by atoms with Crippen LogP contribution in [0.1, 0.15) is 23.2 Å². The predicted octanol–water partition coefficient (Wildman–Crippen LogP) is 1.02. The summed E-state index contributed by atoms with van der Waals surface area (Å²) in [5.41, 5.74) is 0.00851. The molecular weight excluding hydrogens is 266 g/mol. The molecular formula is C13H15NO6. The van der Waals surface area contributed by atoms with Gasteiger partial charge in [0.2, 0.25) is 12.7 Å². The average molecular weight is 281 g/mol. The molecule has 0 radical (unpaired) electrons. The van der Waals surface area contributed by atoms with Crippen molar-refractivity contribution in [2.45, 2.75) is 12.8 Å². The lowest BCUT2D eigenvalue weighted by Gasteiger charge is -2.10. The molecule has 2 rings (SSSR count). The fraction of sp³-hybridized carbons (Fsp3) is 0.385. The minimum Gasteiger partial charge on any atom is -0.493 e. The molecule has 0 unspecified atom stereocenters. The third-order valence-corrected chi connectivity index (χ3v) is 2.79. The Morgan fingerprint density at radius 2 is 2.05 bits per heavy atom. The molecule has 7 heteroatoms. The largest absolute Gasteiger partial charge is 0.493 e. The molecule has 1 aromatic carbocycles. The lowest BCUT2D eigenvalue weighted by atomic mass is 10.1. The summed E-state index contributed by atoms with van der Waals surface area (Å²) in [5, 5.41) is 11.6. The van der Waals surface area contributed by atoms with Crippen LogP contribution < -0.4 is 19.5 Å². The van der Waals surface area contributed by atoms with Gasteiger partial charge in [-0.1, -0.05) is 0 Å². The smallest absolute Gasteiger partial charge is 0.339 e. The molecule has 0 saturated heterocycles. The van der Waals surface area contributed by atoms with Gasteiger partial charge in [-0.3, -0.25) is 4.79 Å². The van der Waals surface area contributed by atoms with Crippen LogP contribution in [-0.2, 0) is 4.79 Å². The number of rotatable bonds is 6. The van der Waals surface area contributed by atoms with Crippen LogP contribution in [0.2, 0.25) is 0 Å². The lowest BCUT2D eigenvalue weighted by Crippen LogP contribution is -2.18. The zero-order valence-electron chi connectivity index (χ0n) is 11.0. The Morgan fingerprint density at radius 1 is 1.35 bits per heavy atom. The number of nitrogens with one attached hydrogen (secondary N) is 1. The molecule has 0 aliphatic carbocycles. The second kappa shape index (κ2) is 6.14. The number of carboxylic acid groups (broad SMARTS) is 1. The Bertz CT molecular complexity index is 528. The van der Waals surface area contributed by atoms with E-state index in [0.717, 1.165) is 0 Å². The molecule has 1 heterocycles. The first-order valence-corrected chi connectivity index (χ1v) is 6.12. The molecule has 1 aromatic rings. The topological polar surface area (TPSA) is 94.1 Å². The highest BCUT2D eigenvalue weighted by molar-refractivity contribution is 5.92. The molecule has 0 aromatic heterocycles. The van der Waals surface area contributed by atoms with E-state index >= 15 is 0 Å². The van der Waals surface area contributed by atoms with Crippen molar-refractivity contribution in [1.82, 2.24) is 5.32 Å². The van der Waals surface area contributed by atoms with Gasteiger partial charge in [-0.2, -0.15) is 0 Å². The van der Waals surface area contributed by atoms with E-state index in [9.17, 15) is 9.59 Å². The van der Waals surface area contributed by atoms with Crippen LogP contribution in [0.25, 0.3) is 0 Å². The minimum absolute atomic E-state index is 0.00851. The number of aromatic carboxylic acids is 1. The Morgan fingerprint density at radius 3 is 2.70 bits per heavy atom. The molecule has 1 aliphatic rings. The number of carboxylic acids is 1. The highest BCUT2D eigenvalue weighted by atomic mass is 16.7. The van der Waals surface area contributed by atoms with Crippen LogP contribution in [0.3, 0.4) is 0 Å². The molecule has 1 amide bonds. The van der Waals surface area contributed by atoms with Crippen molar-refractivity contribution >= 4 is 11.9 Å². The molecule has 1 aliphatic heterocycles. The molecule has 0 bridgehead atoms. The summed E-state index contributed by atoms with van der Waals surface area (Å²) >= 11 is 0. The van der Waals surface area contributed by atoms with Crippen molar-refractivity contribution in [2.75, 3.05) is 20.4 Å². The summed E-state index contributed by atoms with van der Waals surface area (Å²) in [6.07, 6.45) is 0.816. The summed E-state index contributed by atoms with van der Waals surface area (Å²) in [4.78, 5) is 22.2. The number of fused-ring (bicyclic) bond motifs is 1. The van der Waals surface area contributed by atoms with Gasteiger partial charge in [-0.25, -0.2) is 4.79 Å². The van der Waals surface area contributed by atoms with E-state index in [1.54, 1.807) is 7.05 Å². The number of amides is 1. The van der Waals surface area contributed by atoms with E-state index < -0.39 is 5.97 Å². The summed E-state index contributed by atoms with van der Waals surface area (Å²) in [6.45, 7) is 0.307. The van der Waals surface area contributed by atoms with Crippen LogP contribution in [0, 0.1) is 0 Å². The summed E-state index contributed by atoms with van der Waals surface area (Å²) in [6, 6.07) is 2.87. The second-order valence-corrected chi connectivity index (χ2v) is 4.13. The predicted molar refractivity (Wildman–Crippen MR) is 68.3 cm³/mol. The maximum absolute atomic E-state index is 11.2. The van der Waals surface area contributed by atoms with Crippen molar-refractivity contribution in [1.29, 1.82) is 0 Å². The Kier molecular flexibility index (Phi) is 4.29. The standard InChI is InChI=1S/C13H15NO6/c1-14-12(15)3-2-4-18-9-6-11-10(19-7-20-11)5-8(9)13(16)17/h5-6H,2-4,7H2,1H3,(H,14,15)(H,16,17). The minimum atomic E-state index is -1.11. The number of hydrogen-bond donors (Lipinski definition) is 2. The van der Waals surface area contributed by atoms with E-state index in [4.69, 9.17) is 19.3 Å². The van der Waals surface area contributed by atoms with Gasteiger partial charge in [0.25, 0.3) is 0 Å². The van der Waals surface area contributed by atoms with Crippen LogP contribution in [0.4, 0.5) is 0 Å². The number of hydrogen-bond acceptors (Lipinski definition) is 5. The van der Waals surface area contributed by atoms with Gasteiger partial charge in [-0.05, 0) is 6.42 Å². The van der Waals surface area contributed by atoms with E-state index in [2.05, 4.69) is 5.32 Å².